The van der Waals surface area contributed by atoms with Crippen molar-refractivity contribution in [2.45, 2.75) is 37.3 Å². The van der Waals surface area contributed by atoms with Crippen molar-refractivity contribution in [2.75, 3.05) is 18.9 Å². The lowest BCUT2D eigenvalue weighted by Gasteiger charge is -2.19. The van der Waals surface area contributed by atoms with Gasteiger partial charge in [-0.15, -0.1) is 0 Å². The monoisotopic (exact) mass is 487 g/mol. The Bertz CT molecular complexity index is 1140. The molecular weight excluding hydrogens is 465 g/mol. The molecule has 4 heterocycles. The van der Waals surface area contributed by atoms with Crippen LogP contribution in [0.1, 0.15) is 30.2 Å². The molecule has 0 saturated carbocycles. The number of hydrogen-bond acceptors (Lipinski definition) is 7. The van der Waals surface area contributed by atoms with Gasteiger partial charge in [0.15, 0.2) is 11.6 Å². The maximum atomic E-state index is 9.96. The van der Waals surface area contributed by atoms with Gasteiger partial charge >= 0.3 is 0 Å². The summed E-state index contributed by atoms with van der Waals surface area (Å²) in [6.07, 6.45) is 1.99. The van der Waals surface area contributed by atoms with Gasteiger partial charge in [0.1, 0.15) is 18.3 Å². The van der Waals surface area contributed by atoms with E-state index in [1.807, 2.05) is 25.1 Å². The number of hydrogen-bond donors (Lipinski definition) is 2. The highest BCUT2D eigenvalue weighted by Gasteiger charge is 2.48. The molecule has 2 aliphatic heterocycles. The zero-order chi connectivity index (χ0) is 23.1. The average Bonchev–Trinajstić information content (AvgIpc) is 3.38. The largest absolute Gasteiger partial charge is 0.482 e. The van der Waals surface area contributed by atoms with Crippen molar-refractivity contribution in [3.8, 4) is 16.9 Å². The molecule has 7 nitrogen and oxygen atoms in total. The zero-order valence-electron chi connectivity index (χ0n) is 17.8. The molecule has 2 saturated heterocycles. The number of nitrogens with two attached hydrogens (primary N) is 1. The molecule has 3 N–H and O–H groups in total. The lowest BCUT2D eigenvalue weighted by molar-refractivity contribution is 0.0181. The van der Waals surface area contributed by atoms with Crippen LogP contribution in [0.3, 0.4) is 0 Å². The molecule has 0 radical (unpaired) electrons. The fourth-order valence-corrected chi connectivity index (χ4v) is 5.09. The second-order valence-electron chi connectivity index (χ2n) is 8.24. The first-order valence-electron chi connectivity index (χ1n) is 10.7. The molecule has 172 valence electrons. The van der Waals surface area contributed by atoms with Crippen LogP contribution >= 0.6 is 23.2 Å². The van der Waals surface area contributed by atoms with E-state index in [4.69, 9.17) is 43.1 Å². The summed E-state index contributed by atoms with van der Waals surface area (Å²) >= 11 is 12.6. The molecule has 0 amide bonds. The van der Waals surface area contributed by atoms with E-state index < -0.39 is 12.2 Å². The van der Waals surface area contributed by atoms with Crippen LogP contribution in [0.15, 0.2) is 48.8 Å². The molecule has 33 heavy (non-hydrogen) atoms. The van der Waals surface area contributed by atoms with Gasteiger partial charge in [0.25, 0.3) is 0 Å². The molecule has 9 heteroatoms. The summed E-state index contributed by atoms with van der Waals surface area (Å²) in [5.41, 5.74) is 9.30. The van der Waals surface area contributed by atoms with E-state index in [2.05, 4.69) is 9.97 Å². The van der Waals surface area contributed by atoms with Crippen LogP contribution in [0.4, 0.5) is 5.82 Å². The number of nitrogens with zero attached hydrogens (tertiary/aromatic N) is 2. The summed E-state index contributed by atoms with van der Waals surface area (Å²) in [6.45, 7) is 2.62. The van der Waals surface area contributed by atoms with Gasteiger partial charge in [-0.2, -0.15) is 0 Å². The molecule has 1 aromatic carbocycles. The highest BCUT2D eigenvalue weighted by molar-refractivity contribution is 6.36. The summed E-state index contributed by atoms with van der Waals surface area (Å²) in [4.78, 5) is 8.92. The molecule has 5 rings (SSSR count). The Hall–Kier alpha value is -2.42. The van der Waals surface area contributed by atoms with E-state index in [1.165, 1.54) is 0 Å². The number of ether oxygens (including phenoxy) is 3. The fourth-order valence-electron chi connectivity index (χ4n) is 4.38. The lowest BCUT2D eigenvalue weighted by Crippen LogP contribution is -2.28. The second-order valence-corrected chi connectivity index (χ2v) is 9.06. The van der Waals surface area contributed by atoms with E-state index in [1.54, 1.807) is 30.6 Å². The third kappa shape index (κ3) is 4.27. The Morgan fingerprint density at radius 2 is 1.76 bits per heavy atom. The molecular formula is C24H23Cl2N3O4. The van der Waals surface area contributed by atoms with Crippen molar-refractivity contribution in [1.82, 2.24) is 9.97 Å². The first kappa shape index (κ1) is 22.4. The number of rotatable bonds is 5. The van der Waals surface area contributed by atoms with E-state index in [-0.39, 0.29) is 23.9 Å². The molecule has 0 bridgehead atoms. The molecule has 2 fully saturated rings. The van der Waals surface area contributed by atoms with Gasteiger partial charge in [0.2, 0.25) is 0 Å². The number of halogens is 2. The van der Waals surface area contributed by atoms with Crippen molar-refractivity contribution in [3.63, 3.8) is 0 Å². The van der Waals surface area contributed by atoms with Crippen LogP contribution in [0.5, 0.6) is 5.75 Å². The molecule has 5 atom stereocenters. The predicted molar refractivity (Wildman–Crippen MR) is 126 cm³/mol. The van der Waals surface area contributed by atoms with Crippen molar-refractivity contribution >= 4 is 29.0 Å². The van der Waals surface area contributed by atoms with E-state index >= 15 is 0 Å². The molecule has 2 unspecified atom stereocenters. The van der Waals surface area contributed by atoms with Crippen LogP contribution in [0.2, 0.25) is 10.0 Å². The minimum atomic E-state index is -0.582. The van der Waals surface area contributed by atoms with Crippen molar-refractivity contribution < 1.29 is 19.3 Å². The summed E-state index contributed by atoms with van der Waals surface area (Å²) in [7, 11) is 0. The second kappa shape index (κ2) is 9.08. The minimum absolute atomic E-state index is 0.00847. The molecule has 2 aromatic heterocycles. The Kier molecular flexibility index (Phi) is 6.16. The highest BCUT2D eigenvalue weighted by atomic mass is 35.5. The van der Waals surface area contributed by atoms with Crippen molar-refractivity contribution in [1.29, 1.82) is 0 Å². The van der Waals surface area contributed by atoms with Crippen LogP contribution in [-0.2, 0) is 9.47 Å². The average molecular weight is 488 g/mol. The highest BCUT2D eigenvalue weighted by Crippen LogP contribution is 2.38. The first-order chi connectivity index (χ1) is 15.9. The smallest absolute Gasteiger partial charge is 0.166 e. The molecule has 0 spiro atoms. The maximum absolute atomic E-state index is 9.96. The third-order valence-electron chi connectivity index (χ3n) is 6.12. The topological polar surface area (TPSA) is 99.7 Å². The summed E-state index contributed by atoms with van der Waals surface area (Å²) < 4.78 is 17.5. The van der Waals surface area contributed by atoms with Crippen LogP contribution in [0.25, 0.3) is 11.1 Å². The van der Waals surface area contributed by atoms with Crippen LogP contribution < -0.4 is 10.5 Å². The van der Waals surface area contributed by atoms with E-state index in [0.29, 0.717) is 34.6 Å². The van der Waals surface area contributed by atoms with Gasteiger partial charge in [-0.05, 0) is 31.2 Å². The first-order valence-corrected chi connectivity index (χ1v) is 11.4. The fraction of sp³-hybridized carbons (Fsp3) is 0.333. The van der Waals surface area contributed by atoms with E-state index in [0.717, 1.165) is 16.8 Å². The number of anilines is 1. The number of aliphatic hydroxyl groups is 1. The molecule has 3 aromatic rings. The van der Waals surface area contributed by atoms with Crippen LogP contribution in [-0.4, -0.2) is 46.6 Å². The van der Waals surface area contributed by atoms with Gasteiger partial charge in [-0.3, -0.25) is 4.98 Å². The Morgan fingerprint density at radius 1 is 1.03 bits per heavy atom. The van der Waals surface area contributed by atoms with Crippen molar-refractivity contribution in [2.24, 2.45) is 0 Å². The lowest BCUT2D eigenvalue weighted by atomic mass is 9.96. The van der Waals surface area contributed by atoms with Gasteiger partial charge in [-0.25, -0.2) is 4.98 Å². The Labute approximate surface area is 201 Å². The number of aliphatic hydroxyl groups excluding tert-OH is 1. The Morgan fingerprint density at radius 3 is 2.48 bits per heavy atom. The normalized spacial score (nSPS) is 25.1. The van der Waals surface area contributed by atoms with E-state index in [9.17, 15) is 5.11 Å². The zero-order valence-corrected chi connectivity index (χ0v) is 19.3. The van der Waals surface area contributed by atoms with Gasteiger partial charge in [0, 0.05) is 44.8 Å². The van der Waals surface area contributed by atoms with Crippen LogP contribution in [0, 0.1) is 0 Å². The number of pyridine rings is 2. The summed E-state index contributed by atoms with van der Waals surface area (Å²) in [6, 6.07) is 11.1. The number of benzene rings is 1. The standard InChI is InChI=1S/C24H23Cl2N3O4/c1-12(21-16(25)3-2-4-17(21)26)33-20-7-14(9-29-24(20)27)13-5-6-18(28-8-13)15-10-31-23-19(30)11-32-22(15)23/h2-9,12,15,19,22-23,30H,10-11H2,1H3,(H2,27,29)/t12-,15-,19-,22?,23?/m1/s1. The number of aromatic nitrogens is 2. The summed E-state index contributed by atoms with van der Waals surface area (Å²) in [5.74, 6) is 0.690. The number of nitrogen functional groups attached to an aromatic ring is 1. The quantitative estimate of drug-likeness (QED) is 0.549. The maximum Gasteiger partial charge on any atom is 0.166 e. The SMILES string of the molecule is C[C@@H](Oc1cc(-c2ccc([C@H]3COC4C3OC[C@H]4O)nc2)cnc1N)c1c(Cl)cccc1Cl. The predicted octanol–water partition coefficient (Wildman–Crippen LogP) is 4.41. The van der Waals surface area contributed by atoms with Gasteiger partial charge < -0.3 is 25.1 Å². The third-order valence-corrected chi connectivity index (χ3v) is 6.78. The molecule has 0 aliphatic carbocycles. The Balaban J connectivity index is 1.36. The van der Waals surface area contributed by atoms with Gasteiger partial charge in [-0.1, -0.05) is 35.3 Å². The molecule has 2 aliphatic rings. The van der Waals surface area contributed by atoms with Gasteiger partial charge in [0.05, 0.1) is 25.2 Å². The number of fused-ring (bicyclic) bond motifs is 1. The minimum Gasteiger partial charge on any atom is -0.482 e. The summed E-state index contributed by atoms with van der Waals surface area (Å²) in [5, 5.41) is 11.0. The van der Waals surface area contributed by atoms with Crippen molar-refractivity contribution in [3.05, 3.63) is 70.1 Å².